The molecule has 0 saturated heterocycles. The van der Waals surface area contributed by atoms with Gasteiger partial charge in [-0.05, 0) is 24.3 Å². The van der Waals surface area contributed by atoms with E-state index in [1.165, 1.54) is 56.5 Å². The Morgan fingerprint density at radius 1 is 1.15 bits per heavy atom. The van der Waals surface area contributed by atoms with Crippen molar-refractivity contribution >= 4 is 39.1 Å². The summed E-state index contributed by atoms with van der Waals surface area (Å²) in [7, 11) is -2.72. The molecule has 0 heterocycles. The van der Waals surface area contributed by atoms with Gasteiger partial charge in [0.2, 0.25) is 5.91 Å². The summed E-state index contributed by atoms with van der Waals surface area (Å²) in [6, 6.07) is 9.76. The molecule has 0 aliphatic rings. The first-order valence-corrected chi connectivity index (χ1v) is 9.61. The van der Waals surface area contributed by atoms with Crippen LogP contribution in [0.1, 0.15) is 6.92 Å². The number of thioether (sulfide) groups is 1. The average Bonchev–Trinajstić information content (AvgIpc) is 2.55. The summed E-state index contributed by atoms with van der Waals surface area (Å²) in [6.45, 7) is 1.31. The van der Waals surface area contributed by atoms with Gasteiger partial charge in [0.25, 0.3) is 15.8 Å². The van der Waals surface area contributed by atoms with Crippen LogP contribution in [0, 0.1) is 0 Å². The Bertz CT molecular complexity index is 905. The van der Waals surface area contributed by atoms with Crippen LogP contribution >= 0.6 is 11.8 Å². The molecular formula is C16H16F2N2O4S2. The number of carbonyl (C=O) groups excluding carboxylic acids is 1. The molecular weight excluding hydrogens is 386 g/mol. The number of alkyl halides is 2. The van der Waals surface area contributed by atoms with E-state index in [2.05, 4.69) is 10.0 Å². The van der Waals surface area contributed by atoms with Crippen molar-refractivity contribution in [3.8, 4) is 5.75 Å². The van der Waals surface area contributed by atoms with Gasteiger partial charge in [-0.2, -0.15) is 8.78 Å². The largest absolute Gasteiger partial charge is 0.495 e. The Morgan fingerprint density at radius 2 is 1.85 bits per heavy atom. The Kier molecular flexibility index (Phi) is 6.43. The van der Waals surface area contributed by atoms with Gasteiger partial charge in [-0.25, -0.2) is 8.42 Å². The van der Waals surface area contributed by atoms with Gasteiger partial charge in [0.15, 0.2) is 0 Å². The van der Waals surface area contributed by atoms with Gasteiger partial charge < -0.3 is 10.1 Å². The minimum Gasteiger partial charge on any atom is -0.495 e. The number of methoxy groups -OCH3 is 1. The normalized spacial score (nSPS) is 11.3. The van der Waals surface area contributed by atoms with E-state index in [1.807, 2.05) is 0 Å². The lowest BCUT2D eigenvalue weighted by molar-refractivity contribution is -0.114. The molecule has 2 N–H and O–H groups in total. The third kappa shape index (κ3) is 5.09. The van der Waals surface area contributed by atoms with Gasteiger partial charge >= 0.3 is 0 Å². The number of anilines is 2. The van der Waals surface area contributed by atoms with E-state index >= 15 is 0 Å². The summed E-state index contributed by atoms with van der Waals surface area (Å²) in [5, 5.41) is 2.52. The van der Waals surface area contributed by atoms with E-state index in [0.717, 1.165) is 0 Å². The number of benzene rings is 2. The summed E-state index contributed by atoms with van der Waals surface area (Å²) in [5.41, 5.74) is 0.357. The average molecular weight is 402 g/mol. The fraction of sp³-hybridized carbons (Fsp3) is 0.188. The maximum atomic E-state index is 12.6. The van der Waals surface area contributed by atoms with Gasteiger partial charge in [0.05, 0.1) is 23.4 Å². The number of nitrogens with one attached hydrogen (secondary N) is 2. The molecule has 0 saturated carbocycles. The zero-order valence-corrected chi connectivity index (χ0v) is 15.5. The maximum Gasteiger partial charge on any atom is 0.288 e. The summed E-state index contributed by atoms with van der Waals surface area (Å²) in [5.74, 6) is -2.87. The van der Waals surface area contributed by atoms with Crippen molar-refractivity contribution in [2.45, 2.75) is 22.5 Å². The molecule has 0 spiro atoms. The van der Waals surface area contributed by atoms with Crippen molar-refractivity contribution in [3.63, 3.8) is 0 Å². The van der Waals surface area contributed by atoms with Crippen molar-refractivity contribution in [3.05, 3.63) is 42.5 Å². The third-order valence-electron chi connectivity index (χ3n) is 3.14. The monoisotopic (exact) mass is 402 g/mol. The van der Waals surface area contributed by atoms with E-state index in [9.17, 15) is 22.0 Å². The number of carbonyl (C=O) groups is 1. The van der Waals surface area contributed by atoms with Gasteiger partial charge in [0.1, 0.15) is 5.75 Å². The zero-order valence-electron chi connectivity index (χ0n) is 13.8. The highest BCUT2D eigenvalue weighted by Gasteiger charge is 2.19. The highest BCUT2D eigenvalue weighted by molar-refractivity contribution is 7.99. The van der Waals surface area contributed by atoms with Crippen LogP contribution in [0.25, 0.3) is 0 Å². The number of sulfonamides is 1. The van der Waals surface area contributed by atoms with Gasteiger partial charge in [0, 0.05) is 17.9 Å². The van der Waals surface area contributed by atoms with Crippen molar-refractivity contribution in [1.82, 2.24) is 0 Å². The first kappa shape index (κ1) is 20.0. The lowest BCUT2D eigenvalue weighted by Crippen LogP contribution is -2.14. The van der Waals surface area contributed by atoms with E-state index in [0.29, 0.717) is 5.69 Å². The van der Waals surface area contributed by atoms with Crippen LogP contribution in [0.5, 0.6) is 5.75 Å². The molecule has 2 aromatic carbocycles. The number of halogens is 2. The number of para-hydroxylation sites is 1. The van der Waals surface area contributed by atoms with Crippen LogP contribution in [0.4, 0.5) is 20.2 Å². The molecule has 6 nitrogen and oxygen atoms in total. The zero-order chi connectivity index (χ0) is 19.3. The van der Waals surface area contributed by atoms with Crippen molar-refractivity contribution in [2.24, 2.45) is 0 Å². The van der Waals surface area contributed by atoms with Crippen LogP contribution in [0.15, 0.2) is 52.3 Å². The molecule has 0 fully saturated rings. The number of hydrogen-bond donors (Lipinski definition) is 2. The number of amides is 1. The smallest absolute Gasteiger partial charge is 0.288 e. The Balaban J connectivity index is 2.35. The Labute approximate surface area is 154 Å². The van der Waals surface area contributed by atoms with Gasteiger partial charge in [-0.15, -0.1) is 0 Å². The SMILES string of the molecule is COc1cc(S(=O)(=O)Nc2ccccc2SC(F)F)ccc1NC(C)=O. The Morgan fingerprint density at radius 3 is 2.46 bits per heavy atom. The van der Waals surface area contributed by atoms with Gasteiger partial charge in [-0.3, -0.25) is 9.52 Å². The molecule has 1 amide bonds. The van der Waals surface area contributed by atoms with Crippen LogP contribution in [0.3, 0.4) is 0 Å². The molecule has 0 unspecified atom stereocenters. The molecule has 10 heteroatoms. The standard InChI is InChI=1S/C16H16F2N2O4S2/c1-10(21)19-12-8-7-11(9-14(12)24-2)26(22,23)20-13-5-3-4-6-15(13)25-16(17)18/h3-9,16,20H,1-2H3,(H,19,21). The summed E-state index contributed by atoms with van der Waals surface area (Å²) >= 11 is 0.245. The second-order valence-corrected chi connectivity index (χ2v) is 7.74. The summed E-state index contributed by atoms with van der Waals surface area (Å²) in [4.78, 5) is 11.1. The molecule has 2 aromatic rings. The molecule has 26 heavy (non-hydrogen) atoms. The number of ether oxygens (including phenoxy) is 1. The maximum absolute atomic E-state index is 12.6. The molecule has 140 valence electrons. The van der Waals surface area contributed by atoms with E-state index in [4.69, 9.17) is 4.74 Å². The van der Waals surface area contributed by atoms with Crippen molar-refractivity contribution in [2.75, 3.05) is 17.1 Å². The summed E-state index contributed by atoms with van der Waals surface area (Å²) in [6.07, 6.45) is 0. The minimum atomic E-state index is -4.05. The minimum absolute atomic E-state index is 0.0442. The number of rotatable bonds is 7. The fourth-order valence-corrected chi connectivity index (χ4v) is 3.84. The predicted octanol–water partition coefficient (Wildman–Crippen LogP) is 3.77. The Hall–Kier alpha value is -2.33. The lowest BCUT2D eigenvalue weighted by atomic mass is 10.3. The molecule has 0 bridgehead atoms. The first-order valence-electron chi connectivity index (χ1n) is 7.25. The number of hydrogen-bond acceptors (Lipinski definition) is 5. The first-order chi connectivity index (χ1) is 12.2. The van der Waals surface area contributed by atoms with Crippen LogP contribution < -0.4 is 14.8 Å². The van der Waals surface area contributed by atoms with E-state index in [1.54, 1.807) is 0 Å². The van der Waals surface area contributed by atoms with Gasteiger partial charge in [-0.1, -0.05) is 23.9 Å². The van der Waals surface area contributed by atoms with Crippen LogP contribution in [0.2, 0.25) is 0 Å². The highest BCUT2D eigenvalue weighted by atomic mass is 32.2. The van der Waals surface area contributed by atoms with Crippen LogP contribution in [-0.2, 0) is 14.8 Å². The molecule has 0 radical (unpaired) electrons. The fourth-order valence-electron chi connectivity index (χ4n) is 2.09. The second kappa shape index (κ2) is 8.37. The van der Waals surface area contributed by atoms with Crippen molar-refractivity contribution in [1.29, 1.82) is 0 Å². The molecule has 0 aromatic heterocycles. The summed E-state index contributed by atoms with van der Waals surface area (Å²) < 4.78 is 57.9. The predicted molar refractivity (Wildman–Crippen MR) is 96.4 cm³/mol. The second-order valence-electron chi connectivity index (χ2n) is 5.02. The van der Waals surface area contributed by atoms with Crippen molar-refractivity contribution < 1.29 is 26.7 Å². The van der Waals surface area contributed by atoms with Crippen LogP contribution in [-0.4, -0.2) is 27.2 Å². The highest BCUT2D eigenvalue weighted by Crippen LogP contribution is 2.34. The van der Waals surface area contributed by atoms with E-state index in [-0.39, 0.29) is 38.9 Å². The van der Waals surface area contributed by atoms with E-state index < -0.39 is 15.8 Å². The topological polar surface area (TPSA) is 84.5 Å². The molecule has 2 rings (SSSR count). The third-order valence-corrected chi connectivity index (χ3v) is 5.29. The molecule has 0 aliphatic heterocycles. The lowest BCUT2D eigenvalue weighted by Gasteiger charge is -2.14. The quantitative estimate of drug-likeness (QED) is 0.689. The molecule has 0 atom stereocenters. The molecule has 0 aliphatic carbocycles.